The fourth-order valence-corrected chi connectivity index (χ4v) is 4.13. The molecule has 0 spiro atoms. The van der Waals surface area contributed by atoms with E-state index in [0.29, 0.717) is 27.2 Å². The summed E-state index contributed by atoms with van der Waals surface area (Å²) in [5.41, 5.74) is 4.86. The first-order valence-corrected chi connectivity index (χ1v) is 9.72. The van der Waals surface area contributed by atoms with Gasteiger partial charge in [-0.1, -0.05) is 19.1 Å². The Balaban J connectivity index is 1.93. The summed E-state index contributed by atoms with van der Waals surface area (Å²) in [5.74, 6) is 0. The second-order valence-corrected chi connectivity index (χ2v) is 7.67. The molecule has 2 aromatic heterocycles. The Morgan fingerprint density at radius 1 is 0.759 bits per heavy atom. The monoisotopic (exact) mass is 383 g/mol. The van der Waals surface area contributed by atoms with Crippen LogP contribution < -0.4 is 15.8 Å². The minimum absolute atomic E-state index is 0.00278. The van der Waals surface area contributed by atoms with Gasteiger partial charge in [0.25, 0.3) is 0 Å². The van der Waals surface area contributed by atoms with E-state index in [1.54, 1.807) is 12.1 Å². The number of aryl methyl sites for hydroxylation is 1. The summed E-state index contributed by atoms with van der Waals surface area (Å²) in [6.07, 6.45) is 0.787. The number of nitrogens with one attached hydrogen (secondary N) is 2. The van der Waals surface area contributed by atoms with Crippen LogP contribution in [0, 0.1) is 0 Å². The zero-order chi connectivity index (χ0) is 20.3. The van der Waals surface area contributed by atoms with Crippen LogP contribution in [0.4, 0.5) is 5.69 Å². The van der Waals surface area contributed by atoms with E-state index in [-0.39, 0.29) is 10.9 Å². The van der Waals surface area contributed by atoms with E-state index in [4.69, 9.17) is 0 Å². The van der Waals surface area contributed by atoms with Crippen molar-refractivity contribution in [3.8, 4) is 0 Å². The maximum atomic E-state index is 13.3. The van der Waals surface area contributed by atoms with Crippen LogP contribution in [0.5, 0.6) is 0 Å². The highest BCUT2D eigenvalue weighted by Crippen LogP contribution is 2.24. The van der Waals surface area contributed by atoms with Gasteiger partial charge >= 0.3 is 0 Å². The van der Waals surface area contributed by atoms with Crippen LogP contribution in [-0.2, 0) is 6.42 Å². The standard InChI is InChI=1S/C24H21N3O2/c1-4-13-6-5-7-19-22(13)24(29)17-12-20-16(11-21(17)26-19)23(28)15-10-14(27(2)3)8-9-18(15)25-20/h5-12H,4H2,1-3H3,(H,25,28)(H,26,29). The molecule has 3 aromatic carbocycles. The van der Waals surface area contributed by atoms with E-state index in [1.807, 2.05) is 62.3 Å². The van der Waals surface area contributed by atoms with Gasteiger partial charge in [0, 0.05) is 46.8 Å². The van der Waals surface area contributed by atoms with Crippen molar-refractivity contribution in [2.24, 2.45) is 0 Å². The van der Waals surface area contributed by atoms with Crippen LogP contribution in [0.2, 0.25) is 0 Å². The summed E-state index contributed by atoms with van der Waals surface area (Å²) in [6.45, 7) is 2.05. The van der Waals surface area contributed by atoms with Crippen molar-refractivity contribution in [2.45, 2.75) is 13.3 Å². The highest BCUT2D eigenvalue weighted by Gasteiger charge is 2.13. The molecule has 2 N–H and O–H groups in total. The van der Waals surface area contributed by atoms with Gasteiger partial charge in [0.2, 0.25) is 0 Å². The van der Waals surface area contributed by atoms with Crippen LogP contribution in [0.1, 0.15) is 12.5 Å². The molecule has 2 heterocycles. The zero-order valence-corrected chi connectivity index (χ0v) is 16.6. The summed E-state index contributed by atoms with van der Waals surface area (Å²) in [6, 6.07) is 15.2. The minimum atomic E-state index is -0.0393. The summed E-state index contributed by atoms with van der Waals surface area (Å²) in [7, 11) is 3.90. The summed E-state index contributed by atoms with van der Waals surface area (Å²) < 4.78 is 0. The quantitative estimate of drug-likeness (QED) is 0.447. The van der Waals surface area contributed by atoms with Gasteiger partial charge in [0.15, 0.2) is 10.9 Å². The number of pyridine rings is 2. The molecule has 0 saturated carbocycles. The highest BCUT2D eigenvalue weighted by atomic mass is 16.1. The molecule has 0 aliphatic carbocycles. The summed E-state index contributed by atoms with van der Waals surface area (Å²) in [5, 5.41) is 2.52. The van der Waals surface area contributed by atoms with Gasteiger partial charge in [-0.25, -0.2) is 0 Å². The third-order valence-corrected chi connectivity index (χ3v) is 5.71. The number of fused-ring (bicyclic) bond motifs is 4. The number of aromatic amines is 2. The number of hydrogen-bond acceptors (Lipinski definition) is 3. The van der Waals surface area contributed by atoms with Crippen molar-refractivity contribution in [3.63, 3.8) is 0 Å². The third-order valence-electron chi connectivity index (χ3n) is 5.71. The molecular weight excluding hydrogens is 362 g/mol. The second-order valence-electron chi connectivity index (χ2n) is 7.67. The van der Waals surface area contributed by atoms with Gasteiger partial charge < -0.3 is 14.9 Å². The molecule has 0 fully saturated rings. The Morgan fingerprint density at radius 2 is 1.41 bits per heavy atom. The van der Waals surface area contributed by atoms with E-state index in [0.717, 1.165) is 34.1 Å². The van der Waals surface area contributed by atoms with E-state index < -0.39 is 0 Å². The van der Waals surface area contributed by atoms with Crippen molar-refractivity contribution in [3.05, 3.63) is 74.5 Å². The first-order chi connectivity index (χ1) is 14.0. The zero-order valence-electron chi connectivity index (χ0n) is 16.6. The lowest BCUT2D eigenvalue weighted by atomic mass is 10.0. The fourth-order valence-electron chi connectivity index (χ4n) is 4.13. The molecule has 5 nitrogen and oxygen atoms in total. The predicted octanol–water partition coefficient (Wildman–Crippen LogP) is 4.30. The molecule has 0 unspecified atom stereocenters. The largest absolute Gasteiger partial charge is 0.378 e. The Labute approximate surface area is 166 Å². The first-order valence-electron chi connectivity index (χ1n) is 9.72. The SMILES string of the molecule is CCc1cccc2[nH]c3cc4c(=O)c5cc(N(C)C)ccc5[nH]c4cc3c(=O)c12. The predicted molar refractivity (Wildman–Crippen MR) is 121 cm³/mol. The number of benzene rings is 3. The van der Waals surface area contributed by atoms with Crippen LogP contribution in [0.15, 0.2) is 58.1 Å². The summed E-state index contributed by atoms with van der Waals surface area (Å²) in [4.78, 5) is 35.2. The van der Waals surface area contributed by atoms with E-state index in [2.05, 4.69) is 9.97 Å². The molecule has 0 saturated heterocycles. The number of anilines is 1. The van der Waals surface area contributed by atoms with E-state index in [1.165, 1.54) is 0 Å². The van der Waals surface area contributed by atoms with Crippen LogP contribution >= 0.6 is 0 Å². The highest BCUT2D eigenvalue weighted by molar-refractivity contribution is 6.03. The van der Waals surface area contributed by atoms with E-state index >= 15 is 0 Å². The van der Waals surface area contributed by atoms with Gasteiger partial charge in [-0.2, -0.15) is 0 Å². The molecule has 0 bridgehead atoms. The topological polar surface area (TPSA) is 69.0 Å². The molecule has 0 radical (unpaired) electrons. The number of aromatic nitrogens is 2. The Morgan fingerprint density at radius 3 is 2.10 bits per heavy atom. The maximum Gasteiger partial charge on any atom is 0.197 e. The first kappa shape index (κ1) is 17.5. The molecule has 5 aromatic rings. The normalized spacial score (nSPS) is 11.7. The summed E-state index contributed by atoms with van der Waals surface area (Å²) >= 11 is 0. The maximum absolute atomic E-state index is 13.3. The van der Waals surface area contributed by atoms with Crippen molar-refractivity contribution in [1.29, 1.82) is 0 Å². The van der Waals surface area contributed by atoms with E-state index in [9.17, 15) is 9.59 Å². The molecule has 144 valence electrons. The molecule has 0 aliphatic rings. The average molecular weight is 383 g/mol. The lowest BCUT2D eigenvalue weighted by Gasteiger charge is -2.13. The molecular formula is C24H21N3O2. The second kappa shape index (κ2) is 6.21. The molecule has 5 heteroatoms. The van der Waals surface area contributed by atoms with Crippen molar-refractivity contribution < 1.29 is 0 Å². The lowest BCUT2D eigenvalue weighted by Crippen LogP contribution is -2.11. The Hall–Kier alpha value is -3.60. The molecule has 0 aliphatic heterocycles. The minimum Gasteiger partial charge on any atom is -0.378 e. The van der Waals surface area contributed by atoms with Gasteiger partial charge in [0.05, 0.1) is 16.6 Å². The number of nitrogens with zero attached hydrogens (tertiary/aromatic N) is 1. The van der Waals surface area contributed by atoms with Crippen molar-refractivity contribution in [1.82, 2.24) is 9.97 Å². The molecule has 0 atom stereocenters. The molecule has 0 amide bonds. The Kier molecular flexibility index (Phi) is 3.74. The van der Waals surface area contributed by atoms with Gasteiger partial charge in [-0.05, 0) is 48.4 Å². The number of hydrogen-bond donors (Lipinski definition) is 2. The van der Waals surface area contributed by atoms with Gasteiger partial charge in [0.1, 0.15) is 0 Å². The third kappa shape index (κ3) is 2.54. The van der Waals surface area contributed by atoms with Crippen LogP contribution in [0.3, 0.4) is 0 Å². The lowest BCUT2D eigenvalue weighted by molar-refractivity contribution is 1.13. The van der Waals surface area contributed by atoms with Crippen LogP contribution in [-0.4, -0.2) is 24.1 Å². The smallest absolute Gasteiger partial charge is 0.197 e. The van der Waals surface area contributed by atoms with Crippen molar-refractivity contribution in [2.75, 3.05) is 19.0 Å². The number of rotatable bonds is 2. The average Bonchev–Trinajstić information content (AvgIpc) is 2.72. The van der Waals surface area contributed by atoms with Gasteiger partial charge in [-0.15, -0.1) is 0 Å². The Bertz CT molecular complexity index is 1560. The molecule has 29 heavy (non-hydrogen) atoms. The molecule has 5 rings (SSSR count). The fraction of sp³-hybridized carbons (Fsp3) is 0.167. The number of H-pyrrole nitrogens is 2. The van der Waals surface area contributed by atoms with Crippen molar-refractivity contribution >= 4 is 49.3 Å². The van der Waals surface area contributed by atoms with Gasteiger partial charge in [-0.3, -0.25) is 9.59 Å². The van der Waals surface area contributed by atoms with Crippen LogP contribution in [0.25, 0.3) is 43.6 Å².